The molecule has 1 rings (SSSR count). The van der Waals surface area contributed by atoms with Crippen LogP contribution < -0.4 is 11.1 Å². The van der Waals surface area contributed by atoms with Crippen molar-refractivity contribution >= 4 is 11.6 Å². The smallest absolute Gasteiger partial charge is 0.269 e. The summed E-state index contributed by atoms with van der Waals surface area (Å²) in [6.07, 6.45) is -0.705. The first kappa shape index (κ1) is 14.1. The monoisotopic (exact) mass is 253 g/mol. The molecule has 18 heavy (non-hydrogen) atoms. The maximum absolute atomic E-state index is 11.5. The molecule has 0 aliphatic carbocycles. The highest BCUT2D eigenvalue weighted by Gasteiger charge is 2.15. The van der Waals surface area contributed by atoms with E-state index in [2.05, 4.69) is 5.32 Å². The average molecular weight is 253 g/mol. The molecule has 0 saturated carbocycles. The summed E-state index contributed by atoms with van der Waals surface area (Å²) in [5.74, 6) is -0.341. The number of nitrogens with one attached hydrogen (secondary N) is 1. The van der Waals surface area contributed by atoms with Gasteiger partial charge in [-0.2, -0.15) is 0 Å². The molecule has 0 saturated heterocycles. The van der Waals surface area contributed by atoms with Crippen LogP contribution >= 0.6 is 0 Å². The van der Waals surface area contributed by atoms with E-state index in [1.54, 1.807) is 12.1 Å². The lowest BCUT2D eigenvalue weighted by molar-refractivity contribution is -0.384. The number of hydrogen-bond donors (Lipinski definition) is 2. The molecule has 0 aliphatic rings. The number of ether oxygens (including phenoxy) is 1. The largest absolute Gasteiger partial charge is 0.370 e. The molecule has 0 fully saturated rings. The SMILES string of the molecule is COC(CN)C(=O)NCc1cccc([N+](=O)[O-])c1. The highest BCUT2D eigenvalue weighted by Crippen LogP contribution is 2.12. The Morgan fingerprint density at radius 1 is 1.61 bits per heavy atom. The second-order valence-corrected chi connectivity index (χ2v) is 3.60. The fraction of sp³-hybridized carbons (Fsp3) is 0.364. The van der Waals surface area contributed by atoms with Gasteiger partial charge in [0.2, 0.25) is 0 Å². The zero-order chi connectivity index (χ0) is 13.5. The van der Waals surface area contributed by atoms with Crippen molar-refractivity contribution in [2.24, 2.45) is 5.73 Å². The summed E-state index contributed by atoms with van der Waals surface area (Å²) in [4.78, 5) is 21.6. The van der Waals surface area contributed by atoms with Gasteiger partial charge >= 0.3 is 0 Å². The molecule has 0 heterocycles. The van der Waals surface area contributed by atoms with Gasteiger partial charge in [-0.1, -0.05) is 12.1 Å². The lowest BCUT2D eigenvalue weighted by Crippen LogP contribution is -2.40. The minimum Gasteiger partial charge on any atom is -0.370 e. The highest BCUT2D eigenvalue weighted by molar-refractivity contribution is 5.80. The van der Waals surface area contributed by atoms with Gasteiger partial charge in [0.05, 0.1) is 4.92 Å². The molecule has 0 aliphatic heterocycles. The molecule has 98 valence electrons. The second kappa shape index (κ2) is 6.67. The van der Waals surface area contributed by atoms with Crippen LogP contribution in [0.1, 0.15) is 5.56 Å². The van der Waals surface area contributed by atoms with E-state index in [1.807, 2.05) is 0 Å². The fourth-order valence-corrected chi connectivity index (χ4v) is 1.39. The Hall–Kier alpha value is -1.99. The predicted molar refractivity (Wildman–Crippen MR) is 64.8 cm³/mol. The number of hydrogen-bond acceptors (Lipinski definition) is 5. The molecule has 1 aromatic rings. The third-order valence-electron chi connectivity index (χ3n) is 2.38. The van der Waals surface area contributed by atoms with E-state index in [9.17, 15) is 14.9 Å². The lowest BCUT2D eigenvalue weighted by atomic mass is 10.2. The Morgan fingerprint density at radius 3 is 2.89 bits per heavy atom. The Bertz CT molecular complexity index is 432. The topological polar surface area (TPSA) is 107 Å². The van der Waals surface area contributed by atoms with E-state index in [-0.39, 0.29) is 24.7 Å². The normalized spacial score (nSPS) is 11.9. The van der Waals surface area contributed by atoms with Crippen molar-refractivity contribution < 1.29 is 14.5 Å². The van der Waals surface area contributed by atoms with Crippen molar-refractivity contribution in [3.8, 4) is 0 Å². The summed E-state index contributed by atoms with van der Waals surface area (Å²) in [6.45, 7) is 0.275. The number of carbonyl (C=O) groups is 1. The Labute approximate surface area is 104 Å². The van der Waals surface area contributed by atoms with Gasteiger partial charge in [0.25, 0.3) is 11.6 Å². The van der Waals surface area contributed by atoms with E-state index in [4.69, 9.17) is 10.5 Å². The van der Waals surface area contributed by atoms with E-state index in [0.717, 1.165) is 0 Å². The van der Waals surface area contributed by atoms with Crippen LogP contribution in [0.15, 0.2) is 24.3 Å². The first-order valence-corrected chi connectivity index (χ1v) is 5.32. The number of carbonyl (C=O) groups excluding carboxylic acids is 1. The highest BCUT2D eigenvalue weighted by atomic mass is 16.6. The van der Waals surface area contributed by atoms with Crippen molar-refractivity contribution in [2.45, 2.75) is 12.6 Å². The number of nitrogens with zero attached hydrogens (tertiary/aromatic N) is 1. The van der Waals surface area contributed by atoms with Crippen LogP contribution in [0.5, 0.6) is 0 Å². The summed E-state index contributed by atoms with van der Waals surface area (Å²) < 4.78 is 4.87. The second-order valence-electron chi connectivity index (χ2n) is 3.60. The minimum atomic E-state index is -0.705. The number of rotatable bonds is 6. The average Bonchev–Trinajstić information content (AvgIpc) is 2.38. The van der Waals surface area contributed by atoms with Crippen LogP contribution in [0.25, 0.3) is 0 Å². The summed E-state index contributed by atoms with van der Waals surface area (Å²) in [5, 5.41) is 13.2. The van der Waals surface area contributed by atoms with Crippen molar-refractivity contribution in [3.05, 3.63) is 39.9 Å². The van der Waals surface area contributed by atoms with Crippen LogP contribution in [-0.4, -0.2) is 30.6 Å². The summed E-state index contributed by atoms with van der Waals surface area (Å²) in [6, 6.07) is 6.06. The van der Waals surface area contributed by atoms with Crippen LogP contribution in [0.4, 0.5) is 5.69 Å². The van der Waals surface area contributed by atoms with Crippen LogP contribution in [0.3, 0.4) is 0 Å². The maximum Gasteiger partial charge on any atom is 0.269 e. The molecule has 1 atom stereocenters. The van der Waals surface area contributed by atoms with E-state index in [0.29, 0.717) is 5.56 Å². The quantitative estimate of drug-likeness (QED) is 0.555. The lowest BCUT2D eigenvalue weighted by Gasteiger charge is -2.12. The number of nitro benzene ring substituents is 1. The summed E-state index contributed by atoms with van der Waals surface area (Å²) in [7, 11) is 1.39. The van der Waals surface area contributed by atoms with Gasteiger partial charge in [-0.25, -0.2) is 0 Å². The third kappa shape index (κ3) is 3.79. The van der Waals surface area contributed by atoms with Crippen molar-refractivity contribution in [2.75, 3.05) is 13.7 Å². The summed E-state index contributed by atoms with van der Waals surface area (Å²) in [5.41, 5.74) is 5.97. The van der Waals surface area contributed by atoms with Crippen molar-refractivity contribution in [3.63, 3.8) is 0 Å². The fourth-order valence-electron chi connectivity index (χ4n) is 1.39. The van der Waals surface area contributed by atoms with E-state index >= 15 is 0 Å². The Balaban J connectivity index is 2.61. The standard InChI is InChI=1S/C11H15N3O4/c1-18-10(6-12)11(15)13-7-8-3-2-4-9(5-8)14(16)17/h2-5,10H,6-7,12H2,1H3,(H,13,15). The molecule has 7 heteroatoms. The van der Waals surface area contributed by atoms with Crippen LogP contribution in [-0.2, 0) is 16.1 Å². The van der Waals surface area contributed by atoms with Gasteiger partial charge in [-0.3, -0.25) is 14.9 Å². The van der Waals surface area contributed by atoms with Gasteiger partial charge < -0.3 is 15.8 Å². The molecule has 1 unspecified atom stereocenters. The molecule has 0 bridgehead atoms. The molecular weight excluding hydrogens is 238 g/mol. The zero-order valence-electron chi connectivity index (χ0n) is 9.96. The summed E-state index contributed by atoms with van der Waals surface area (Å²) >= 11 is 0. The number of amides is 1. The van der Waals surface area contributed by atoms with Crippen molar-refractivity contribution in [1.29, 1.82) is 0 Å². The molecule has 0 aromatic heterocycles. The minimum absolute atomic E-state index is 0.0103. The van der Waals surface area contributed by atoms with Gasteiger partial charge in [0.1, 0.15) is 6.10 Å². The van der Waals surface area contributed by atoms with Crippen molar-refractivity contribution in [1.82, 2.24) is 5.32 Å². The number of methoxy groups -OCH3 is 1. The number of benzene rings is 1. The van der Waals surface area contributed by atoms with Gasteiger partial charge in [-0.05, 0) is 5.56 Å². The molecule has 7 nitrogen and oxygen atoms in total. The molecular formula is C11H15N3O4. The maximum atomic E-state index is 11.5. The molecule has 0 spiro atoms. The molecule has 3 N–H and O–H groups in total. The third-order valence-corrected chi connectivity index (χ3v) is 2.38. The number of nitrogens with two attached hydrogens (primary N) is 1. The number of non-ortho nitro benzene ring substituents is 1. The Kier molecular flexibility index (Phi) is 5.22. The number of nitro groups is 1. The van der Waals surface area contributed by atoms with E-state index in [1.165, 1.54) is 19.2 Å². The van der Waals surface area contributed by atoms with Gasteiger partial charge in [0, 0.05) is 32.3 Å². The first-order valence-electron chi connectivity index (χ1n) is 5.32. The molecule has 0 radical (unpaired) electrons. The zero-order valence-corrected chi connectivity index (χ0v) is 9.96. The Morgan fingerprint density at radius 2 is 2.33 bits per heavy atom. The molecule has 1 aromatic carbocycles. The van der Waals surface area contributed by atoms with Gasteiger partial charge in [-0.15, -0.1) is 0 Å². The van der Waals surface area contributed by atoms with E-state index < -0.39 is 11.0 Å². The van der Waals surface area contributed by atoms with Crippen LogP contribution in [0.2, 0.25) is 0 Å². The molecule has 1 amide bonds. The predicted octanol–water partition coefficient (Wildman–Crippen LogP) is 0.185. The van der Waals surface area contributed by atoms with Gasteiger partial charge in [0.15, 0.2) is 0 Å². The first-order chi connectivity index (χ1) is 8.58. The van der Waals surface area contributed by atoms with Crippen LogP contribution in [0, 0.1) is 10.1 Å².